The van der Waals surface area contributed by atoms with E-state index in [1.807, 2.05) is 41.0 Å². The summed E-state index contributed by atoms with van der Waals surface area (Å²) in [5.74, 6) is -0.0577. The summed E-state index contributed by atoms with van der Waals surface area (Å²) in [5.41, 5.74) is 3.35. The molecule has 0 saturated heterocycles. The summed E-state index contributed by atoms with van der Waals surface area (Å²) in [4.78, 5) is 24.9. The molecule has 9 heteroatoms. The summed E-state index contributed by atoms with van der Waals surface area (Å²) in [6, 6.07) is 18.4. The summed E-state index contributed by atoms with van der Waals surface area (Å²) < 4.78 is 3.41. The second kappa shape index (κ2) is 10.5. The molecule has 1 N–H and O–H groups in total. The number of aryl methyl sites for hydroxylation is 1. The molecule has 2 aromatic carbocycles. The summed E-state index contributed by atoms with van der Waals surface area (Å²) in [5, 5.41) is 12.2. The number of benzene rings is 2. The molecule has 0 aliphatic heterocycles. The molecule has 4 rings (SSSR count). The average Bonchev–Trinajstić information content (AvgIpc) is 3.30. The minimum atomic E-state index is -0.207. The van der Waals surface area contributed by atoms with Crippen LogP contribution in [0.1, 0.15) is 18.1 Å². The predicted molar refractivity (Wildman–Crippen MR) is 131 cm³/mol. The van der Waals surface area contributed by atoms with Crippen LogP contribution in [-0.2, 0) is 17.8 Å². The van der Waals surface area contributed by atoms with Gasteiger partial charge in [-0.25, -0.2) is 0 Å². The molecule has 0 aliphatic rings. The number of nitrogens with zero attached hydrogens (tertiary/aromatic N) is 4. The number of anilines is 1. The monoisotopic (exact) mass is 479 g/mol. The molecule has 0 bridgehead atoms. The smallest absolute Gasteiger partial charge is 0.250 e. The quantitative estimate of drug-likeness (QED) is 0.378. The van der Waals surface area contributed by atoms with Crippen LogP contribution >= 0.6 is 23.4 Å². The number of halogens is 1. The maximum absolute atomic E-state index is 12.6. The third-order valence-corrected chi connectivity index (χ3v) is 6.36. The number of carbonyl (C=O) groups excluding carboxylic acids is 1. The van der Waals surface area contributed by atoms with E-state index in [2.05, 4.69) is 28.5 Å². The molecule has 0 atom stereocenters. The van der Waals surface area contributed by atoms with Gasteiger partial charge in [-0.05, 0) is 35.7 Å². The Bertz CT molecular complexity index is 1330. The molecule has 33 heavy (non-hydrogen) atoms. The zero-order valence-electron chi connectivity index (χ0n) is 17.9. The number of pyridine rings is 1. The normalized spacial score (nSPS) is 10.8. The fraction of sp³-hybridized carbons (Fsp3) is 0.167. The van der Waals surface area contributed by atoms with Crippen molar-refractivity contribution in [3.63, 3.8) is 0 Å². The Balaban J connectivity index is 1.43. The Kier molecular flexibility index (Phi) is 7.26. The molecule has 0 saturated carbocycles. The van der Waals surface area contributed by atoms with Crippen LogP contribution in [0.15, 0.2) is 83.1 Å². The van der Waals surface area contributed by atoms with Gasteiger partial charge in [-0.15, -0.1) is 10.2 Å². The van der Waals surface area contributed by atoms with E-state index in [0.29, 0.717) is 22.4 Å². The van der Waals surface area contributed by atoms with Crippen LogP contribution in [0.4, 0.5) is 5.69 Å². The van der Waals surface area contributed by atoms with Gasteiger partial charge >= 0.3 is 0 Å². The third-order valence-electron chi connectivity index (χ3n) is 5.05. The van der Waals surface area contributed by atoms with Crippen LogP contribution in [0.2, 0.25) is 5.02 Å². The average molecular weight is 480 g/mol. The van der Waals surface area contributed by atoms with Gasteiger partial charge < -0.3 is 9.88 Å². The summed E-state index contributed by atoms with van der Waals surface area (Å²) >= 11 is 7.51. The lowest BCUT2D eigenvalue weighted by Gasteiger charge is -2.12. The Morgan fingerprint density at radius 1 is 1.06 bits per heavy atom. The standard InChI is InChI=1S/C24H22ClN5O2S/c1-2-17-7-4-6-10-21(17)30-16-26-28-24(30)33-15-22(31)27-19-11-12-23(32)29(14-19)13-18-8-3-5-9-20(18)25/h3-12,14,16H,2,13,15H2,1H3,(H,27,31). The molecule has 2 heterocycles. The van der Waals surface area contributed by atoms with Crippen molar-refractivity contribution in [1.82, 2.24) is 19.3 Å². The van der Waals surface area contributed by atoms with Gasteiger partial charge in [0.15, 0.2) is 5.16 Å². The van der Waals surface area contributed by atoms with Crippen molar-refractivity contribution in [3.8, 4) is 5.69 Å². The Morgan fingerprint density at radius 3 is 2.61 bits per heavy atom. The second-order valence-corrected chi connectivity index (χ2v) is 8.63. The largest absolute Gasteiger partial charge is 0.324 e. The van der Waals surface area contributed by atoms with Crippen molar-refractivity contribution in [2.24, 2.45) is 0 Å². The molecule has 0 spiro atoms. The van der Waals surface area contributed by atoms with Crippen molar-refractivity contribution in [2.45, 2.75) is 25.0 Å². The first kappa shape index (κ1) is 22.8. The van der Waals surface area contributed by atoms with Gasteiger partial charge in [0, 0.05) is 17.3 Å². The number of amides is 1. The fourth-order valence-electron chi connectivity index (χ4n) is 3.40. The lowest BCUT2D eigenvalue weighted by atomic mass is 10.1. The second-order valence-electron chi connectivity index (χ2n) is 7.28. The van der Waals surface area contributed by atoms with Crippen molar-refractivity contribution in [2.75, 3.05) is 11.1 Å². The molecule has 4 aromatic rings. The first-order valence-corrected chi connectivity index (χ1v) is 11.8. The summed E-state index contributed by atoms with van der Waals surface area (Å²) in [7, 11) is 0. The Hall–Kier alpha value is -3.36. The van der Waals surface area contributed by atoms with Crippen molar-refractivity contribution < 1.29 is 4.79 Å². The van der Waals surface area contributed by atoms with Crippen LogP contribution in [0.5, 0.6) is 0 Å². The number of nitrogens with one attached hydrogen (secondary N) is 1. The minimum Gasteiger partial charge on any atom is -0.324 e. The van der Waals surface area contributed by atoms with E-state index >= 15 is 0 Å². The first-order valence-electron chi connectivity index (χ1n) is 10.4. The van der Waals surface area contributed by atoms with Crippen LogP contribution < -0.4 is 10.9 Å². The van der Waals surface area contributed by atoms with E-state index in [1.165, 1.54) is 28.0 Å². The molecule has 1 amide bonds. The lowest BCUT2D eigenvalue weighted by molar-refractivity contribution is -0.113. The zero-order valence-corrected chi connectivity index (χ0v) is 19.5. The summed E-state index contributed by atoms with van der Waals surface area (Å²) in [6.07, 6.45) is 4.15. The highest BCUT2D eigenvalue weighted by Gasteiger charge is 2.13. The van der Waals surface area contributed by atoms with Crippen LogP contribution in [0, 0.1) is 0 Å². The van der Waals surface area contributed by atoms with E-state index in [4.69, 9.17) is 11.6 Å². The number of para-hydroxylation sites is 1. The van der Waals surface area contributed by atoms with Crippen LogP contribution in [-0.4, -0.2) is 31.0 Å². The van der Waals surface area contributed by atoms with E-state index in [0.717, 1.165) is 17.7 Å². The van der Waals surface area contributed by atoms with Crippen molar-refractivity contribution >= 4 is 35.0 Å². The fourth-order valence-corrected chi connectivity index (χ4v) is 4.32. The van der Waals surface area contributed by atoms with Gasteiger partial charge in [0.05, 0.1) is 23.7 Å². The lowest BCUT2D eigenvalue weighted by Crippen LogP contribution is -2.22. The van der Waals surface area contributed by atoms with Gasteiger partial charge in [0.25, 0.3) is 5.56 Å². The van der Waals surface area contributed by atoms with Crippen LogP contribution in [0.3, 0.4) is 0 Å². The van der Waals surface area contributed by atoms with Gasteiger partial charge in [-0.3, -0.25) is 14.2 Å². The molecular formula is C24H22ClN5O2S. The van der Waals surface area contributed by atoms with Gasteiger partial charge in [0.2, 0.25) is 5.91 Å². The molecule has 2 aromatic heterocycles. The number of thioether (sulfide) groups is 1. The molecule has 0 unspecified atom stereocenters. The summed E-state index contributed by atoms with van der Waals surface area (Å²) in [6.45, 7) is 2.41. The van der Waals surface area contributed by atoms with Gasteiger partial charge in [0.1, 0.15) is 6.33 Å². The van der Waals surface area contributed by atoms with E-state index < -0.39 is 0 Å². The number of aromatic nitrogens is 4. The van der Waals surface area contributed by atoms with E-state index in [9.17, 15) is 9.59 Å². The molecule has 0 radical (unpaired) electrons. The number of hydrogen-bond acceptors (Lipinski definition) is 5. The highest BCUT2D eigenvalue weighted by atomic mass is 35.5. The molecule has 7 nitrogen and oxygen atoms in total. The van der Waals surface area contributed by atoms with Gasteiger partial charge in [-0.1, -0.05) is 66.7 Å². The molecular weight excluding hydrogens is 458 g/mol. The highest BCUT2D eigenvalue weighted by molar-refractivity contribution is 7.99. The Labute approximate surface area is 200 Å². The number of hydrogen-bond donors (Lipinski definition) is 1. The third kappa shape index (κ3) is 5.53. The van der Waals surface area contributed by atoms with Crippen molar-refractivity contribution in [3.05, 3.63) is 99.7 Å². The predicted octanol–water partition coefficient (Wildman–Crippen LogP) is 4.42. The first-order chi connectivity index (χ1) is 16.0. The number of carbonyl (C=O) groups is 1. The molecule has 168 valence electrons. The molecule has 0 aliphatic carbocycles. The van der Waals surface area contributed by atoms with Crippen molar-refractivity contribution in [1.29, 1.82) is 0 Å². The van der Waals surface area contributed by atoms with E-state index in [1.54, 1.807) is 24.7 Å². The zero-order chi connectivity index (χ0) is 23.2. The Morgan fingerprint density at radius 2 is 1.82 bits per heavy atom. The highest BCUT2D eigenvalue weighted by Crippen LogP contribution is 2.23. The minimum absolute atomic E-state index is 0.149. The number of rotatable bonds is 8. The van der Waals surface area contributed by atoms with Gasteiger partial charge in [-0.2, -0.15) is 0 Å². The van der Waals surface area contributed by atoms with Crippen LogP contribution in [0.25, 0.3) is 5.69 Å². The SMILES string of the molecule is CCc1ccccc1-n1cnnc1SCC(=O)Nc1ccc(=O)n(Cc2ccccc2Cl)c1. The maximum Gasteiger partial charge on any atom is 0.250 e. The topological polar surface area (TPSA) is 81.8 Å². The molecule has 0 fully saturated rings. The van der Waals surface area contributed by atoms with E-state index in [-0.39, 0.29) is 17.2 Å². The maximum atomic E-state index is 12.6.